The van der Waals surface area contributed by atoms with E-state index < -0.39 is 11.9 Å². The summed E-state index contributed by atoms with van der Waals surface area (Å²) in [5, 5.41) is 17.8. The number of carboxylic acid groups (broad SMARTS) is 2. The van der Waals surface area contributed by atoms with E-state index in [1.165, 1.54) is 0 Å². The largest absolute Gasteiger partial charge is 0.549 e. The maximum Gasteiger partial charge on any atom is 0.314 e. The van der Waals surface area contributed by atoms with E-state index in [2.05, 4.69) is 0 Å². The molecule has 0 aromatic heterocycles. The second-order valence-electron chi connectivity index (χ2n) is 1.29. The summed E-state index contributed by atoms with van der Waals surface area (Å²) in [4.78, 5) is 19.6. The lowest BCUT2D eigenvalue weighted by molar-refractivity contribution is -0.301. The summed E-state index contributed by atoms with van der Waals surface area (Å²) in [5.74, 6) is -2.38. The Morgan fingerprint density at radius 3 is 2.20 bits per heavy atom. The number of hydrogen-bond donors (Lipinski definition) is 1. The first-order valence-electron chi connectivity index (χ1n) is 2.29. The summed E-state index contributed by atoms with van der Waals surface area (Å²) < 4.78 is 0. The molecule has 0 unspecified atom stereocenters. The van der Waals surface area contributed by atoms with Crippen molar-refractivity contribution in [3.8, 4) is 0 Å². The van der Waals surface area contributed by atoms with Gasteiger partial charge in [-0.25, -0.2) is 0 Å². The van der Waals surface area contributed by atoms with Crippen molar-refractivity contribution in [3.05, 3.63) is 0 Å². The fraction of sp³-hybridized carbons (Fsp3) is 0.500. The van der Waals surface area contributed by atoms with Crippen LogP contribution in [0.25, 0.3) is 0 Å². The van der Waals surface area contributed by atoms with Gasteiger partial charge in [0, 0.05) is 5.75 Å². The molecule has 0 saturated heterocycles. The molecule has 1 N–H and O–H groups in total. The SMILES string of the molecule is O=C([O-])CSSCC(=O)O. The van der Waals surface area contributed by atoms with E-state index >= 15 is 0 Å². The zero-order chi connectivity index (χ0) is 7.98. The summed E-state index contributed by atoms with van der Waals surface area (Å²) in [5.41, 5.74) is 0. The Kier molecular flexibility index (Phi) is 5.23. The van der Waals surface area contributed by atoms with Crippen LogP contribution in [-0.4, -0.2) is 28.6 Å². The van der Waals surface area contributed by atoms with Crippen LogP contribution in [0.1, 0.15) is 0 Å². The molecule has 0 amide bonds. The Labute approximate surface area is 65.4 Å². The third kappa shape index (κ3) is 7.64. The topological polar surface area (TPSA) is 77.4 Å². The van der Waals surface area contributed by atoms with Crippen molar-refractivity contribution in [3.63, 3.8) is 0 Å². The van der Waals surface area contributed by atoms with Crippen LogP contribution in [0.3, 0.4) is 0 Å². The van der Waals surface area contributed by atoms with Gasteiger partial charge in [0.25, 0.3) is 0 Å². The second kappa shape index (κ2) is 5.43. The molecule has 0 saturated carbocycles. The fourth-order valence-corrected chi connectivity index (χ4v) is 1.64. The molecule has 0 bridgehead atoms. The van der Waals surface area contributed by atoms with Gasteiger partial charge >= 0.3 is 5.97 Å². The normalized spacial score (nSPS) is 9.20. The van der Waals surface area contributed by atoms with E-state index in [4.69, 9.17) is 5.11 Å². The average Bonchev–Trinajstić information content (AvgIpc) is 1.79. The number of carbonyl (C=O) groups excluding carboxylic acids is 1. The van der Waals surface area contributed by atoms with Crippen LogP contribution in [0.5, 0.6) is 0 Å². The highest BCUT2D eigenvalue weighted by atomic mass is 33.1. The molecule has 0 aromatic carbocycles. The third-order valence-electron chi connectivity index (χ3n) is 0.443. The first-order chi connectivity index (χ1) is 4.63. The molecule has 0 fully saturated rings. The summed E-state index contributed by atoms with van der Waals surface area (Å²) >= 11 is 0. The van der Waals surface area contributed by atoms with Gasteiger partial charge in [0.2, 0.25) is 0 Å². The van der Waals surface area contributed by atoms with Gasteiger partial charge in [0.15, 0.2) is 0 Å². The second-order valence-corrected chi connectivity index (χ2v) is 3.75. The minimum atomic E-state index is -1.18. The average molecular weight is 181 g/mol. The molecule has 10 heavy (non-hydrogen) atoms. The number of rotatable bonds is 5. The van der Waals surface area contributed by atoms with Crippen LogP contribution in [0, 0.1) is 0 Å². The van der Waals surface area contributed by atoms with Crippen molar-refractivity contribution in [2.75, 3.05) is 11.5 Å². The zero-order valence-electron chi connectivity index (χ0n) is 4.90. The number of hydrogen-bond acceptors (Lipinski definition) is 5. The molecule has 0 aliphatic carbocycles. The third-order valence-corrected chi connectivity index (χ3v) is 2.53. The maximum absolute atomic E-state index is 9.85. The maximum atomic E-state index is 9.85. The smallest absolute Gasteiger partial charge is 0.314 e. The molecule has 0 radical (unpaired) electrons. The van der Waals surface area contributed by atoms with Gasteiger partial charge in [-0.05, 0) is 0 Å². The van der Waals surface area contributed by atoms with E-state index in [0.29, 0.717) is 0 Å². The molecule has 58 valence electrons. The van der Waals surface area contributed by atoms with Crippen molar-refractivity contribution >= 4 is 33.5 Å². The van der Waals surface area contributed by atoms with E-state index in [1.807, 2.05) is 0 Å². The van der Waals surface area contributed by atoms with Crippen molar-refractivity contribution in [1.29, 1.82) is 0 Å². The Morgan fingerprint density at radius 1 is 1.30 bits per heavy atom. The predicted octanol–water partition coefficient (Wildman–Crippen LogP) is -0.798. The minimum Gasteiger partial charge on any atom is -0.549 e. The van der Waals surface area contributed by atoms with Crippen molar-refractivity contribution in [2.24, 2.45) is 0 Å². The first kappa shape index (κ1) is 9.64. The molecular formula is C4H5O4S2-. The zero-order valence-corrected chi connectivity index (χ0v) is 6.54. The van der Waals surface area contributed by atoms with Gasteiger partial charge in [-0.1, -0.05) is 21.6 Å². The van der Waals surface area contributed by atoms with Crippen LogP contribution < -0.4 is 5.11 Å². The highest BCUT2D eigenvalue weighted by Crippen LogP contribution is 2.19. The Bertz CT molecular complexity index is 119. The van der Waals surface area contributed by atoms with E-state index in [9.17, 15) is 14.7 Å². The number of carbonyl (C=O) groups is 2. The Hall–Kier alpha value is -0.360. The molecular weight excluding hydrogens is 176 g/mol. The molecule has 4 nitrogen and oxygen atoms in total. The van der Waals surface area contributed by atoms with Gasteiger partial charge < -0.3 is 15.0 Å². The first-order valence-corrected chi connectivity index (χ1v) is 4.78. The molecule has 0 aliphatic heterocycles. The molecule has 0 atom stereocenters. The van der Waals surface area contributed by atoms with Gasteiger partial charge in [0.05, 0.1) is 5.97 Å². The van der Waals surface area contributed by atoms with Gasteiger partial charge in [-0.15, -0.1) is 0 Å². The Morgan fingerprint density at radius 2 is 1.80 bits per heavy atom. The van der Waals surface area contributed by atoms with Crippen LogP contribution in [0.4, 0.5) is 0 Å². The summed E-state index contributed by atoms with van der Waals surface area (Å²) in [7, 11) is 1.95. The van der Waals surface area contributed by atoms with Crippen molar-refractivity contribution in [1.82, 2.24) is 0 Å². The van der Waals surface area contributed by atoms with Gasteiger partial charge in [-0.3, -0.25) is 4.79 Å². The number of aliphatic carboxylic acids is 2. The lowest BCUT2D eigenvalue weighted by Gasteiger charge is -1.97. The van der Waals surface area contributed by atoms with Crippen LogP contribution in [0.15, 0.2) is 0 Å². The number of carboxylic acids is 2. The monoisotopic (exact) mass is 181 g/mol. The van der Waals surface area contributed by atoms with Crippen molar-refractivity contribution in [2.45, 2.75) is 0 Å². The predicted molar refractivity (Wildman–Crippen MR) is 37.6 cm³/mol. The molecule has 0 aromatic rings. The lowest BCUT2D eigenvalue weighted by Crippen LogP contribution is -2.24. The Balaban J connectivity index is 3.06. The van der Waals surface area contributed by atoms with Gasteiger partial charge in [-0.2, -0.15) is 0 Å². The van der Waals surface area contributed by atoms with E-state index in [1.54, 1.807) is 0 Å². The standard InChI is InChI=1S/C4H6O4S2/c5-3(6)1-9-10-2-4(7)8/h1-2H2,(H,5,6)(H,7,8)/p-1. The van der Waals surface area contributed by atoms with Crippen molar-refractivity contribution < 1.29 is 19.8 Å². The molecule has 6 heteroatoms. The lowest BCUT2D eigenvalue weighted by atomic mass is 10.8. The highest BCUT2D eigenvalue weighted by molar-refractivity contribution is 8.77. The van der Waals surface area contributed by atoms with Crippen LogP contribution in [-0.2, 0) is 9.59 Å². The molecule has 0 rings (SSSR count). The van der Waals surface area contributed by atoms with E-state index in [0.717, 1.165) is 21.6 Å². The van der Waals surface area contributed by atoms with Crippen LogP contribution in [0.2, 0.25) is 0 Å². The van der Waals surface area contributed by atoms with Gasteiger partial charge in [0.1, 0.15) is 5.75 Å². The minimum absolute atomic E-state index is 0.0854. The fourth-order valence-electron chi connectivity index (χ4n) is 0.182. The highest BCUT2D eigenvalue weighted by Gasteiger charge is 1.96. The summed E-state index contributed by atoms with van der Waals surface area (Å²) in [6.45, 7) is 0. The van der Waals surface area contributed by atoms with E-state index in [-0.39, 0.29) is 11.5 Å². The molecule has 0 aliphatic rings. The summed E-state index contributed by atoms with van der Waals surface area (Å²) in [6.07, 6.45) is 0. The molecule has 0 heterocycles. The van der Waals surface area contributed by atoms with Crippen LogP contribution >= 0.6 is 21.6 Å². The summed E-state index contributed by atoms with van der Waals surface area (Å²) in [6, 6.07) is 0. The quantitative estimate of drug-likeness (QED) is 0.442. The molecule has 0 spiro atoms.